The number of nitrogens with two attached hydrogens (primary N) is 1. The maximum absolute atomic E-state index is 5.50. The Hall–Kier alpha value is -1.06. The average molecular weight is 176 g/mol. The van der Waals surface area contributed by atoms with Gasteiger partial charge in [-0.2, -0.15) is 0 Å². The lowest BCUT2D eigenvalue weighted by Crippen LogP contribution is -1.82. The summed E-state index contributed by atoms with van der Waals surface area (Å²) >= 11 is 1.26. The van der Waals surface area contributed by atoms with E-state index in [1.54, 1.807) is 6.20 Å². The van der Waals surface area contributed by atoms with Crippen molar-refractivity contribution in [2.75, 3.05) is 0 Å². The molecule has 1 aromatic heterocycles. The van der Waals surface area contributed by atoms with Crippen LogP contribution >= 0.6 is 11.9 Å². The Kier molecular flexibility index (Phi) is 1.98. The monoisotopic (exact) mass is 176 g/mol. The highest BCUT2D eigenvalue weighted by atomic mass is 32.2. The minimum Gasteiger partial charge on any atom is -0.274 e. The molecule has 2 N–H and O–H groups in total. The molecule has 3 heteroatoms. The van der Waals surface area contributed by atoms with Crippen LogP contribution in [0.1, 0.15) is 0 Å². The highest BCUT2D eigenvalue weighted by Crippen LogP contribution is 2.22. The van der Waals surface area contributed by atoms with Crippen LogP contribution in [-0.4, -0.2) is 4.98 Å². The summed E-state index contributed by atoms with van der Waals surface area (Å²) in [6.45, 7) is 0. The first-order chi connectivity index (χ1) is 5.92. The second-order valence-electron chi connectivity index (χ2n) is 2.47. The minimum atomic E-state index is 1.07. The van der Waals surface area contributed by atoms with Gasteiger partial charge < -0.3 is 0 Å². The van der Waals surface area contributed by atoms with Gasteiger partial charge in [-0.3, -0.25) is 10.1 Å². The zero-order valence-electron chi connectivity index (χ0n) is 6.40. The van der Waals surface area contributed by atoms with E-state index in [1.165, 1.54) is 17.3 Å². The largest absolute Gasteiger partial charge is 0.274 e. The third-order valence-electron chi connectivity index (χ3n) is 1.77. The summed E-state index contributed by atoms with van der Waals surface area (Å²) in [7, 11) is 0. The summed E-state index contributed by atoms with van der Waals surface area (Å²) < 4.78 is 0. The zero-order chi connectivity index (χ0) is 8.39. The van der Waals surface area contributed by atoms with Crippen molar-refractivity contribution in [3.05, 3.63) is 36.7 Å². The number of nitrogens with zero attached hydrogens (tertiary/aromatic N) is 1. The van der Waals surface area contributed by atoms with Crippen LogP contribution in [0.5, 0.6) is 0 Å². The number of hydrogen-bond acceptors (Lipinski definition) is 3. The van der Waals surface area contributed by atoms with Gasteiger partial charge in [0.15, 0.2) is 0 Å². The van der Waals surface area contributed by atoms with Crippen molar-refractivity contribution in [2.24, 2.45) is 5.14 Å². The van der Waals surface area contributed by atoms with Gasteiger partial charge in [0.1, 0.15) is 0 Å². The molecule has 60 valence electrons. The van der Waals surface area contributed by atoms with E-state index in [0.717, 1.165) is 10.3 Å². The van der Waals surface area contributed by atoms with Crippen LogP contribution in [0.2, 0.25) is 0 Å². The van der Waals surface area contributed by atoms with E-state index in [9.17, 15) is 0 Å². The van der Waals surface area contributed by atoms with Crippen LogP contribution in [0.3, 0.4) is 0 Å². The van der Waals surface area contributed by atoms with Crippen LogP contribution in [0.15, 0.2) is 41.6 Å². The van der Waals surface area contributed by atoms with Gasteiger partial charge in [0, 0.05) is 22.7 Å². The molecular formula is C9H8N2S. The van der Waals surface area contributed by atoms with Gasteiger partial charge in [0.2, 0.25) is 0 Å². The van der Waals surface area contributed by atoms with Crippen molar-refractivity contribution in [2.45, 2.75) is 4.90 Å². The van der Waals surface area contributed by atoms with Gasteiger partial charge in [-0.25, -0.2) is 0 Å². The predicted octanol–water partition coefficient (Wildman–Crippen LogP) is 2.20. The highest BCUT2D eigenvalue weighted by molar-refractivity contribution is 7.97. The van der Waals surface area contributed by atoms with Crippen molar-refractivity contribution in [1.82, 2.24) is 4.98 Å². The van der Waals surface area contributed by atoms with Crippen LogP contribution < -0.4 is 5.14 Å². The number of benzene rings is 1. The molecule has 0 atom stereocenters. The summed E-state index contributed by atoms with van der Waals surface area (Å²) in [4.78, 5) is 5.12. The van der Waals surface area contributed by atoms with Gasteiger partial charge in [-0.15, -0.1) is 0 Å². The molecule has 0 aliphatic rings. The molecule has 0 amide bonds. The van der Waals surface area contributed by atoms with Crippen LogP contribution in [0.25, 0.3) is 10.8 Å². The fourth-order valence-electron chi connectivity index (χ4n) is 1.19. The molecule has 0 unspecified atom stereocenters. The second-order valence-corrected chi connectivity index (χ2v) is 3.15. The Bertz CT molecular complexity index is 395. The summed E-state index contributed by atoms with van der Waals surface area (Å²) in [6.07, 6.45) is 3.62. The SMILES string of the molecule is NSc1cccc2ccncc12. The molecule has 0 saturated heterocycles. The van der Waals surface area contributed by atoms with E-state index in [-0.39, 0.29) is 0 Å². The topological polar surface area (TPSA) is 38.9 Å². The fraction of sp³-hybridized carbons (Fsp3) is 0. The smallest absolute Gasteiger partial charge is 0.0358 e. The Labute approximate surface area is 74.9 Å². The molecule has 2 aromatic rings. The van der Waals surface area contributed by atoms with Gasteiger partial charge in [-0.1, -0.05) is 12.1 Å². The maximum atomic E-state index is 5.50. The molecule has 0 spiro atoms. The van der Waals surface area contributed by atoms with Crippen molar-refractivity contribution in [3.63, 3.8) is 0 Å². The third-order valence-corrected chi connectivity index (χ3v) is 2.38. The molecule has 2 nitrogen and oxygen atoms in total. The number of pyridine rings is 1. The van der Waals surface area contributed by atoms with Gasteiger partial charge in [0.25, 0.3) is 0 Å². The van der Waals surface area contributed by atoms with E-state index < -0.39 is 0 Å². The van der Waals surface area contributed by atoms with E-state index in [1.807, 2.05) is 24.4 Å². The van der Waals surface area contributed by atoms with Crippen molar-refractivity contribution < 1.29 is 0 Å². The maximum Gasteiger partial charge on any atom is 0.0358 e. The van der Waals surface area contributed by atoms with Crippen LogP contribution in [0, 0.1) is 0 Å². The summed E-state index contributed by atoms with van der Waals surface area (Å²) in [6, 6.07) is 8.03. The number of fused-ring (bicyclic) bond motifs is 1. The van der Waals surface area contributed by atoms with E-state index in [2.05, 4.69) is 11.1 Å². The molecular weight excluding hydrogens is 168 g/mol. The molecule has 0 aliphatic heterocycles. The minimum absolute atomic E-state index is 1.07. The first-order valence-electron chi connectivity index (χ1n) is 3.61. The molecule has 0 radical (unpaired) electrons. The number of hydrogen-bond donors (Lipinski definition) is 1. The quantitative estimate of drug-likeness (QED) is 0.677. The predicted molar refractivity (Wildman–Crippen MR) is 51.8 cm³/mol. The van der Waals surface area contributed by atoms with Crippen molar-refractivity contribution >= 4 is 22.7 Å². The normalized spacial score (nSPS) is 10.4. The lowest BCUT2D eigenvalue weighted by molar-refractivity contribution is 1.34. The first-order valence-corrected chi connectivity index (χ1v) is 4.49. The molecule has 0 bridgehead atoms. The molecule has 2 rings (SSSR count). The van der Waals surface area contributed by atoms with Gasteiger partial charge in [0.05, 0.1) is 0 Å². The number of aromatic nitrogens is 1. The standard InChI is InChI=1S/C9H8N2S/c10-12-9-3-1-2-7-4-5-11-6-8(7)9/h1-6H,10H2. The molecule has 12 heavy (non-hydrogen) atoms. The summed E-state index contributed by atoms with van der Waals surface area (Å²) in [5, 5.41) is 7.80. The molecule has 0 saturated carbocycles. The van der Waals surface area contributed by atoms with E-state index in [4.69, 9.17) is 5.14 Å². The first kappa shape index (κ1) is 7.58. The Balaban J connectivity index is 2.79. The van der Waals surface area contributed by atoms with Crippen molar-refractivity contribution in [1.29, 1.82) is 0 Å². The van der Waals surface area contributed by atoms with Crippen molar-refractivity contribution in [3.8, 4) is 0 Å². The lowest BCUT2D eigenvalue weighted by atomic mass is 10.2. The Morgan fingerprint density at radius 1 is 1.25 bits per heavy atom. The second kappa shape index (κ2) is 3.13. The highest BCUT2D eigenvalue weighted by Gasteiger charge is 1.97. The molecule has 0 aliphatic carbocycles. The lowest BCUT2D eigenvalue weighted by Gasteiger charge is -2.00. The molecule has 1 heterocycles. The van der Waals surface area contributed by atoms with Crippen LogP contribution in [0.4, 0.5) is 0 Å². The van der Waals surface area contributed by atoms with Crippen LogP contribution in [-0.2, 0) is 0 Å². The zero-order valence-corrected chi connectivity index (χ0v) is 7.21. The molecule has 1 aromatic carbocycles. The van der Waals surface area contributed by atoms with E-state index >= 15 is 0 Å². The Morgan fingerprint density at radius 3 is 3.00 bits per heavy atom. The fourth-order valence-corrected chi connectivity index (χ4v) is 1.64. The van der Waals surface area contributed by atoms with Gasteiger partial charge in [-0.05, 0) is 29.5 Å². The third kappa shape index (κ3) is 1.17. The summed E-state index contributed by atoms with van der Waals surface area (Å²) in [5.74, 6) is 0. The number of rotatable bonds is 1. The van der Waals surface area contributed by atoms with E-state index in [0.29, 0.717) is 0 Å². The molecule has 0 fully saturated rings. The van der Waals surface area contributed by atoms with Gasteiger partial charge >= 0.3 is 0 Å². The average Bonchev–Trinajstić information content (AvgIpc) is 2.17. The summed E-state index contributed by atoms with van der Waals surface area (Å²) in [5.41, 5.74) is 0. The Morgan fingerprint density at radius 2 is 2.17 bits per heavy atom.